The van der Waals surface area contributed by atoms with E-state index < -0.39 is 0 Å². The maximum atomic E-state index is 12.1. The molecule has 0 bridgehead atoms. The van der Waals surface area contributed by atoms with Crippen LogP contribution in [0.3, 0.4) is 0 Å². The number of amides is 1. The molecule has 0 saturated carbocycles. The quantitative estimate of drug-likeness (QED) is 0.875. The van der Waals surface area contributed by atoms with Crippen LogP contribution in [0.4, 0.5) is 11.6 Å². The first-order valence-electron chi connectivity index (χ1n) is 7.66. The van der Waals surface area contributed by atoms with E-state index in [1.54, 1.807) is 24.5 Å². The molecule has 0 unspecified atom stereocenters. The van der Waals surface area contributed by atoms with E-state index in [4.69, 9.17) is 4.74 Å². The Labute approximate surface area is 134 Å². The number of carbonyl (C=O) groups is 1. The summed E-state index contributed by atoms with van der Waals surface area (Å²) in [5.74, 6) is 1.10. The molecule has 23 heavy (non-hydrogen) atoms. The van der Waals surface area contributed by atoms with Crippen LogP contribution in [0.15, 0.2) is 36.7 Å². The summed E-state index contributed by atoms with van der Waals surface area (Å²) in [5, 5.41) is 14.1. The fraction of sp³-hybridized carbons (Fsp3) is 0.375. The Kier molecular flexibility index (Phi) is 5.10. The zero-order valence-corrected chi connectivity index (χ0v) is 12.7. The van der Waals surface area contributed by atoms with Gasteiger partial charge in [-0.05, 0) is 36.6 Å². The molecule has 0 radical (unpaired) electrons. The van der Waals surface area contributed by atoms with E-state index in [1.807, 2.05) is 12.1 Å². The van der Waals surface area contributed by atoms with Gasteiger partial charge in [0.25, 0.3) is 0 Å². The summed E-state index contributed by atoms with van der Waals surface area (Å²) >= 11 is 0. The molecule has 2 aromatic heterocycles. The molecule has 7 heteroatoms. The molecule has 7 nitrogen and oxygen atoms in total. The third-order valence-electron chi connectivity index (χ3n) is 3.70. The summed E-state index contributed by atoms with van der Waals surface area (Å²) in [6, 6.07) is 7.41. The fourth-order valence-electron chi connectivity index (χ4n) is 2.38. The van der Waals surface area contributed by atoms with Crippen LogP contribution in [0.2, 0.25) is 0 Å². The van der Waals surface area contributed by atoms with Crippen LogP contribution in [0.25, 0.3) is 0 Å². The van der Waals surface area contributed by atoms with Gasteiger partial charge in [0.1, 0.15) is 5.82 Å². The fourth-order valence-corrected chi connectivity index (χ4v) is 2.38. The Balaban J connectivity index is 1.51. The number of anilines is 2. The Morgan fingerprint density at radius 2 is 1.96 bits per heavy atom. The molecule has 0 atom stereocenters. The van der Waals surface area contributed by atoms with Crippen molar-refractivity contribution in [3.8, 4) is 0 Å². The number of hydrogen-bond acceptors (Lipinski definition) is 6. The number of rotatable bonds is 5. The molecule has 2 N–H and O–H groups in total. The number of hydrogen-bond donors (Lipinski definition) is 2. The molecule has 120 valence electrons. The van der Waals surface area contributed by atoms with E-state index >= 15 is 0 Å². The Morgan fingerprint density at radius 3 is 2.65 bits per heavy atom. The van der Waals surface area contributed by atoms with Crippen LogP contribution in [-0.4, -0.2) is 34.3 Å². The van der Waals surface area contributed by atoms with E-state index in [0.29, 0.717) is 31.4 Å². The topological polar surface area (TPSA) is 89.0 Å². The maximum absolute atomic E-state index is 12.1. The second kappa shape index (κ2) is 7.64. The van der Waals surface area contributed by atoms with Crippen molar-refractivity contribution < 1.29 is 9.53 Å². The highest BCUT2D eigenvalue weighted by molar-refractivity contribution is 5.91. The van der Waals surface area contributed by atoms with Crippen molar-refractivity contribution in [2.45, 2.75) is 19.4 Å². The minimum atomic E-state index is -0.0151. The molecule has 1 amide bonds. The number of aromatic nitrogens is 3. The molecule has 3 heterocycles. The number of nitrogens with one attached hydrogen (secondary N) is 2. The van der Waals surface area contributed by atoms with E-state index in [2.05, 4.69) is 25.8 Å². The van der Waals surface area contributed by atoms with Gasteiger partial charge in [-0.2, -0.15) is 0 Å². The van der Waals surface area contributed by atoms with Gasteiger partial charge >= 0.3 is 0 Å². The van der Waals surface area contributed by atoms with E-state index in [-0.39, 0.29) is 11.8 Å². The summed E-state index contributed by atoms with van der Waals surface area (Å²) in [4.78, 5) is 16.2. The largest absolute Gasteiger partial charge is 0.381 e. The van der Waals surface area contributed by atoms with Crippen LogP contribution in [0.5, 0.6) is 0 Å². The maximum Gasteiger partial charge on any atom is 0.228 e. The van der Waals surface area contributed by atoms with Crippen molar-refractivity contribution in [1.29, 1.82) is 0 Å². The van der Waals surface area contributed by atoms with Crippen molar-refractivity contribution in [2.75, 3.05) is 23.8 Å². The second-order valence-corrected chi connectivity index (χ2v) is 5.39. The van der Waals surface area contributed by atoms with Crippen LogP contribution in [0.1, 0.15) is 18.4 Å². The molecule has 1 aliphatic rings. The highest BCUT2D eigenvalue weighted by Gasteiger charge is 2.21. The van der Waals surface area contributed by atoms with Crippen LogP contribution in [0, 0.1) is 5.92 Å². The van der Waals surface area contributed by atoms with Gasteiger partial charge in [0.15, 0.2) is 5.82 Å². The average molecular weight is 313 g/mol. The Morgan fingerprint density at radius 1 is 1.17 bits per heavy atom. The predicted molar refractivity (Wildman–Crippen MR) is 85.8 cm³/mol. The lowest BCUT2D eigenvalue weighted by molar-refractivity contribution is -0.122. The van der Waals surface area contributed by atoms with E-state index in [1.165, 1.54) is 0 Å². The van der Waals surface area contributed by atoms with Gasteiger partial charge in [-0.25, -0.2) is 0 Å². The first kappa shape index (κ1) is 15.4. The van der Waals surface area contributed by atoms with Gasteiger partial charge < -0.3 is 15.4 Å². The Hall–Kier alpha value is -2.54. The van der Waals surface area contributed by atoms with Crippen LogP contribution < -0.4 is 10.6 Å². The lowest BCUT2D eigenvalue weighted by Gasteiger charge is -2.20. The second-order valence-electron chi connectivity index (χ2n) is 5.39. The summed E-state index contributed by atoms with van der Waals surface area (Å²) in [7, 11) is 0. The lowest BCUT2D eigenvalue weighted by Crippen LogP contribution is -2.28. The van der Waals surface area contributed by atoms with Crippen molar-refractivity contribution in [3.63, 3.8) is 0 Å². The van der Waals surface area contributed by atoms with Gasteiger partial charge in [-0.1, -0.05) is 6.07 Å². The molecule has 3 rings (SSSR count). The van der Waals surface area contributed by atoms with E-state index in [0.717, 1.165) is 18.4 Å². The van der Waals surface area contributed by atoms with Gasteiger partial charge in [-0.15, -0.1) is 10.2 Å². The van der Waals surface area contributed by atoms with Gasteiger partial charge in [0.2, 0.25) is 5.91 Å². The molecule has 0 aliphatic carbocycles. The standard InChI is InChI=1S/C16H19N5O2/c22-16(13-5-8-23-9-6-13)19-15-4-3-14(20-21-15)18-11-12-2-1-7-17-10-12/h1-4,7,10,13H,5-6,8-9,11H2,(H,18,20)(H,19,21,22). The zero-order valence-electron chi connectivity index (χ0n) is 12.7. The van der Waals surface area contributed by atoms with Crippen molar-refractivity contribution in [3.05, 3.63) is 42.2 Å². The first-order valence-corrected chi connectivity index (χ1v) is 7.66. The molecular formula is C16H19N5O2. The average Bonchev–Trinajstić information content (AvgIpc) is 2.63. The first-order chi connectivity index (χ1) is 11.3. The Bertz CT molecular complexity index is 627. The molecule has 0 aromatic carbocycles. The molecule has 1 aliphatic heterocycles. The minimum Gasteiger partial charge on any atom is -0.381 e. The number of pyridine rings is 1. The van der Waals surface area contributed by atoms with Crippen molar-refractivity contribution >= 4 is 17.5 Å². The summed E-state index contributed by atoms with van der Waals surface area (Å²) < 4.78 is 5.26. The van der Waals surface area contributed by atoms with Crippen LogP contribution in [-0.2, 0) is 16.1 Å². The van der Waals surface area contributed by atoms with Crippen molar-refractivity contribution in [1.82, 2.24) is 15.2 Å². The van der Waals surface area contributed by atoms with Gasteiger partial charge in [0.05, 0.1) is 0 Å². The van der Waals surface area contributed by atoms with Crippen LogP contribution >= 0.6 is 0 Å². The van der Waals surface area contributed by atoms with Gasteiger partial charge in [0, 0.05) is 38.1 Å². The highest BCUT2D eigenvalue weighted by atomic mass is 16.5. The summed E-state index contributed by atoms with van der Waals surface area (Å²) in [6.07, 6.45) is 5.04. The normalized spacial score (nSPS) is 15.1. The predicted octanol–water partition coefficient (Wildman–Crippen LogP) is 1.85. The molecule has 2 aromatic rings. The number of nitrogens with zero attached hydrogens (tertiary/aromatic N) is 3. The van der Waals surface area contributed by atoms with Gasteiger partial charge in [-0.3, -0.25) is 9.78 Å². The molecule has 1 fully saturated rings. The third-order valence-corrected chi connectivity index (χ3v) is 3.70. The zero-order chi connectivity index (χ0) is 15.9. The third kappa shape index (κ3) is 4.46. The smallest absolute Gasteiger partial charge is 0.228 e. The molecule has 1 saturated heterocycles. The SMILES string of the molecule is O=C(Nc1ccc(NCc2cccnc2)nn1)C1CCOCC1. The monoisotopic (exact) mass is 313 g/mol. The molecular weight excluding hydrogens is 294 g/mol. The lowest BCUT2D eigenvalue weighted by atomic mass is 9.99. The van der Waals surface area contributed by atoms with E-state index in [9.17, 15) is 4.79 Å². The number of carbonyl (C=O) groups excluding carboxylic acids is 1. The number of ether oxygens (including phenoxy) is 1. The van der Waals surface area contributed by atoms with Crippen molar-refractivity contribution in [2.24, 2.45) is 5.92 Å². The minimum absolute atomic E-state index is 0.00562. The molecule has 0 spiro atoms. The summed E-state index contributed by atoms with van der Waals surface area (Å²) in [6.45, 7) is 1.90. The summed E-state index contributed by atoms with van der Waals surface area (Å²) in [5.41, 5.74) is 1.06. The highest BCUT2D eigenvalue weighted by Crippen LogP contribution is 2.17.